The molecular formula is C11H18O2. The fourth-order valence-electron chi connectivity index (χ4n) is 2.06. The summed E-state index contributed by atoms with van der Waals surface area (Å²) in [5, 5.41) is 0. The van der Waals surface area contributed by atoms with Gasteiger partial charge in [0.1, 0.15) is 0 Å². The molecule has 1 fully saturated rings. The van der Waals surface area contributed by atoms with Crippen molar-refractivity contribution in [1.82, 2.24) is 0 Å². The van der Waals surface area contributed by atoms with E-state index < -0.39 is 0 Å². The molecule has 13 heavy (non-hydrogen) atoms. The average Bonchev–Trinajstić information content (AvgIpc) is 2.16. The van der Waals surface area contributed by atoms with Crippen molar-refractivity contribution in [2.24, 2.45) is 11.8 Å². The highest BCUT2D eigenvalue weighted by Gasteiger charge is 2.28. The van der Waals surface area contributed by atoms with E-state index in [-0.39, 0.29) is 11.9 Å². The summed E-state index contributed by atoms with van der Waals surface area (Å²) < 4.78 is 4.73. The average molecular weight is 182 g/mol. The van der Waals surface area contributed by atoms with Crippen LogP contribution in [0.1, 0.15) is 32.6 Å². The van der Waals surface area contributed by atoms with Crippen molar-refractivity contribution in [3.63, 3.8) is 0 Å². The molecule has 0 aromatic carbocycles. The number of esters is 1. The van der Waals surface area contributed by atoms with Gasteiger partial charge in [0.05, 0.1) is 13.0 Å². The number of carbonyl (C=O) groups excluding carboxylic acids is 1. The first-order valence-corrected chi connectivity index (χ1v) is 4.92. The number of carbonyl (C=O) groups is 1. The van der Waals surface area contributed by atoms with Gasteiger partial charge in [0.15, 0.2) is 0 Å². The summed E-state index contributed by atoms with van der Waals surface area (Å²) in [4.78, 5) is 11.3. The van der Waals surface area contributed by atoms with E-state index in [2.05, 4.69) is 6.58 Å². The van der Waals surface area contributed by atoms with Gasteiger partial charge in [-0.05, 0) is 25.2 Å². The molecule has 0 saturated heterocycles. The van der Waals surface area contributed by atoms with E-state index in [0.717, 1.165) is 12.8 Å². The Kier molecular flexibility index (Phi) is 3.52. The molecule has 0 radical (unpaired) electrons. The minimum atomic E-state index is -0.104. The van der Waals surface area contributed by atoms with Crippen LogP contribution in [-0.4, -0.2) is 13.1 Å². The van der Waals surface area contributed by atoms with Crippen molar-refractivity contribution in [3.05, 3.63) is 12.2 Å². The Bertz CT molecular complexity index is 208. The Morgan fingerprint density at radius 3 is 2.85 bits per heavy atom. The van der Waals surface area contributed by atoms with Crippen molar-refractivity contribution in [3.8, 4) is 0 Å². The molecule has 0 heterocycles. The maximum Gasteiger partial charge on any atom is 0.308 e. The highest BCUT2D eigenvalue weighted by molar-refractivity contribution is 5.72. The maximum absolute atomic E-state index is 11.3. The van der Waals surface area contributed by atoms with Crippen LogP contribution in [0.5, 0.6) is 0 Å². The van der Waals surface area contributed by atoms with E-state index in [1.165, 1.54) is 25.5 Å². The van der Waals surface area contributed by atoms with E-state index in [1.807, 2.05) is 6.92 Å². The molecule has 2 unspecified atom stereocenters. The van der Waals surface area contributed by atoms with Crippen LogP contribution in [0.15, 0.2) is 12.2 Å². The Balaban J connectivity index is 2.58. The first-order valence-electron chi connectivity index (χ1n) is 4.92. The minimum absolute atomic E-state index is 0.0159. The lowest BCUT2D eigenvalue weighted by Crippen LogP contribution is -2.25. The summed E-state index contributed by atoms with van der Waals surface area (Å²) in [5.74, 6) is 0.229. The number of hydrogen-bond donors (Lipinski definition) is 0. The van der Waals surface area contributed by atoms with E-state index in [0.29, 0.717) is 5.92 Å². The van der Waals surface area contributed by atoms with Crippen molar-refractivity contribution in [1.29, 1.82) is 0 Å². The smallest absolute Gasteiger partial charge is 0.308 e. The molecular weight excluding hydrogens is 164 g/mol. The summed E-state index contributed by atoms with van der Waals surface area (Å²) in [6, 6.07) is 0. The molecule has 0 aromatic rings. The minimum Gasteiger partial charge on any atom is -0.469 e. The molecule has 0 aromatic heterocycles. The number of hydrogen-bond acceptors (Lipinski definition) is 2. The number of methoxy groups -OCH3 is 1. The van der Waals surface area contributed by atoms with Crippen molar-refractivity contribution in [2.75, 3.05) is 7.11 Å². The Hall–Kier alpha value is -0.790. The SMILES string of the molecule is C=C1CCCCC1C(C)C(=O)OC. The van der Waals surface area contributed by atoms with Crippen molar-refractivity contribution >= 4 is 5.97 Å². The molecule has 1 rings (SSSR count). The van der Waals surface area contributed by atoms with Crippen LogP contribution in [0, 0.1) is 11.8 Å². The third-order valence-corrected chi connectivity index (χ3v) is 2.96. The lowest BCUT2D eigenvalue weighted by molar-refractivity contribution is -0.146. The second-order valence-electron chi connectivity index (χ2n) is 3.82. The highest BCUT2D eigenvalue weighted by atomic mass is 16.5. The van der Waals surface area contributed by atoms with Gasteiger partial charge in [-0.25, -0.2) is 0 Å². The second kappa shape index (κ2) is 4.45. The van der Waals surface area contributed by atoms with Gasteiger partial charge in [0.25, 0.3) is 0 Å². The Morgan fingerprint density at radius 2 is 2.31 bits per heavy atom. The second-order valence-corrected chi connectivity index (χ2v) is 3.82. The third kappa shape index (κ3) is 2.33. The van der Waals surface area contributed by atoms with Gasteiger partial charge in [-0.15, -0.1) is 0 Å². The van der Waals surface area contributed by atoms with Gasteiger partial charge in [0.2, 0.25) is 0 Å². The molecule has 0 bridgehead atoms. The van der Waals surface area contributed by atoms with Crippen LogP contribution >= 0.6 is 0 Å². The number of allylic oxidation sites excluding steroid dienone is 1. The zero-order valence-corrected chi connectivity index (χ0v) is 8.51. The molecule has 1 aliphatic carbocycles. The van der Waals surface area contributed by atoms with Gasteiger partial charge in [0, 0.05) is 0 Å². The lowest BCUT2D eigenvalue weighted by Gasteiger charge is -2.28. The topological polar surface area (TPSA) is 26.3 Å². The van der Waals surface area contributed by atoms with Crippen molar-refractivity contribution < 1.29 is 9.53 Å². The monoisotopic (exact) mass is 182 g/mol. The van der Waals surface area contributed by atoms with E-state index in [4.69, 9.17) is 4.74 Å². The van der Waals surface area contributed by atoms with Crippen LogP contribution in [-0.2, 0) is 9.53 Å². The van der Waals surface area contributed by atoms with Crippen LogP contribution in [0.2, 0.25) is 0 Å². The zero-order chi connectivity index (χ0) is 9.84. The lowest BCUT2D eigenvalue weighted by atomic mass is 9.78. The summed E-state index contributed by atoms with van der Waals surface area (Å²) in [5.41, 5.74) is 1.23. The van der Waals surface area contributed by atoms with Crippen LogP contribution < -0.4 is 0 Å². The largest absolute Gasteiger partial charge is 0.469 e. The first-order chi connectivity index (χ1) is 6.16. The fraction of sp³-hybridized carbons (Fsp3) is 0.727. The standard InChI is InChI=1S/C11H18O2/c1-8-6-4-5-7-10(8)9(2)11(12)13-3/h9-10H,1,4-7H2,2-3H3. The first kappa shape index (κ1) is 10.3. The van der Waals surface area contributed by atoms with Gasteiger partial charge in [-0.2, -0.15) is 0 Å². The molecule has 2 atom stereocenters. The predicted octanol–water partition coefficient (Wildman–Crippen LogP) is 2.54. The molecule has 0 amide bonds. The summed E-state index contributed by atoms with van der Waals surface area (Å²) in [6.07, 6.45) is 4.61. The van der Waals surface area contributed by atoms with Crippen LogP contribution in [0.25, 0.3) is 0 Å². The van der Waals surface area contributed by atoms with Crippen LogP contribution in [0.4, 0.5) is 0 Å². The summed E-state index contributed by atoms with van der Waals surface area (Å²) in [6.45, 7) is 5.96. The fourth-order valence-corrected chi connectivity index (χ4v) is 2.06. The summed E-state index contributed by atoms with van der Waals surface area (Å²) >= 11 is 0. The number of rotatable bonds is 2. The van der Waals surface area contributed by atoms with Gasteiger partial charge in [-0.1, -0.05) is 25.5 Å². The van der Waals surface area contributed by atoms with E-state index in [1.54, 1.807) is 0 Å². The van der Waals surface area contributed by atoms with Gasteiger partial charge < -0.3 is 4.74 Å². The molecule has 74 valence electrons. The molecule has 2 heteroatoms. The van der Waals surface area contributed by atoms with Crippen molar-refractivity contribution in [2.45, 2.75) is 32.6 Å². The Labute approximate surface area is 80.0 Å². The molecule has 0 spiro atoms. The highest BCUT2D eigenvalue weighted by Crippen LogP contribution is 2.33. The quantitative estimate of drug-likeness (QED) is 0.484. The molecule has 1 saturated carbocycles. The van der Waals surface area contributed by atoms with Crippen LogP contribution in [0.3, 0.4) is 0 Å². The van der Waals surface area contributed by atoms with Gasteiger partial charge in [-0.3, -0.25) is 4.79 Å². The third-order valence-electron chi connectivity index (χ3n) is 2.96. The maximum atomic E-state index is 11.3. The van der Waals surface area contributed by atoms with E-state index in [9.17, 15) is 4.79 Å². The molecule has 0 N–H and O–H groups in total. The molecule has 0 aliphatic heterocycles. The van der Waals surface area contributed by atoms with Gasteiger partial charge >= 0.3 is 5.97 Å². The normalized spacial score (nSPS) is 25.4. The molecule has 1 aliphatic rings. The Morgan fingerprint density at radius 1 is 1.62 bits per heavy atom. The summed E-state index contributed by atoms with van der Waals surface area (Å²) in [7, 11) is 1.45. The van der Waals surface area contributed by atoms with E-state index >= 15 is 0 Å². The number of ether oxygens (including phenoxy) is 1. The predicted molar refractivity (Wildman–Crippen MR) is 52.3 cm³/mol. The molecule has 2 nitrogen and oxygen atoms in total. The zero-order valence-electron chi connectivity index (χ0n) is 8.51.